The first-order valence-corrected chi connectivity index (χ1v) is 20.8. The second kappa shape index (κ2) is 15.8. The van der Waals surface area contributed by atoms with Gasteiger partial charge in [0, 0.05) is 18.6 Å². The van der Waals surface area contributed by atoms with Gasteiger partial charge in [0.25, 0.3) is 0 Å². The van der Waals surface area contributed by atoms with E-state index in [1.807, 2.05) is 0 Å². The van der Waals surface area contributed by atoms with Gasteiger partial charge in [-0.25, -0.2) is 4.79 Å². The van der Waals surface area contributed by atoms with Gasteiger partial charge >= 0.3 is 5.97 Å². The normalized spacial score (nSPS) is 29.7. The van der Waals surface area contributed by atoms with Crippen LogP contribution < -0.4 is 19.6 Å². The van der Waals surface area contributed by atoms with Crippen LogP contribution in [-0.2, 0) is 9.53 Å². The van der Waals surface area contributed by atoms with E-state index in [4.69, 9.17) is 23.4 Å². The third-order valence-electron chi connectivity index (χ3n) is 14.3. The Hall–Kier alpha value is -3.74. The molecule has 0 saturated heterocycles. The van der Waals surface area contributed by atoms with Gasteiger partial charge < -0.3 is 23.4 Å². The Morgan fingerprint density at radius 3 is 2.56 bits per heavy atom. The molecular formula is C47H62O7. The highest BCUT2D eigenvalue weighted by Crippen LogP contribution is 2.65. The maximum atomic E-state index is 13.3. The Morgan fingerprint density at radius 2 is 1.76 bits per heavy atom. The number of hydrogen-bond acceptors (Lipinski definition) is 7. The summed E-state index contributed by atoms with van der Waals surface area (Å²) >= 11 is 0. The van der Waals surface area contributed by atoms with Gasteiger partial charge in [-0.05, 0) is 129 Å². The van der Waals surface area contributed by atoms with Gasteiger partial charge in [-0.2, -0.15) is 0 Å². The van der Waals surface area contributed by atoms with Crippen molar-refractivity contribution in [1.29, 1.82) is 0 Å². The Labute approximate surface area is 322 Å². The monoisotopic (exact) mass is 738 g/mol. The first kappa shape index (κ1) is 38.5. The molecule has 0 radical (unpaired) electrons. The highest BCUT2D eigenvalue weighted by Gasteiger charge is 2.56. The standard InChI is InChI=1S/C47H62O7/c1-29(2)10-8-11-30(3)32-14-19-40-38-17-15-33-24-37(20-23-47(33,6)41(38)21-22-46(40,5)27-32)53-43(48)28-51-35-16-18-39-42(26-35)52-31(4)45(44(39)49)54-36-13-9-12-34(25-36)50-7/h9,12-13,15-16,18,25-26,29-30,32,37-38,40-41H,8,10-11,14,17,19-24,27-28H2,1-7H3. The largest absolute Gasteiger partial charge is 0.497 e. The van der Waals surface area contributed by atoms with E-state index in [9.17, 15) is 9.59 Å². The first-order valence-electron chi connectivity index (χ1n) is 20.8. The first-order chi connectivity index (χ1) is 25.9. The number of benzene rings is 2. The number of rotatable bonds is 12. The van der Waals surface area contributed by atoms with Crippen molar-refractivity contribution in [3.63, 3.8) is 0 Å². The van der Waals surface area contributed by atoms with E-state index in [2.05, 4.69) is 40.7 Å². The summed E-state index contributed by atoms with van der Waals surface area (Å²) < 4.78 is 29.0. The molecule has 0 aliphatic heterocycles. The molecule has 3 fully saturated rings. The van der Waals surface area contributed by atoms with Gasteiger partial charge in [-0.15, -0.1) is 0 Å². The van der Waals surface area contributed by atoms with Crippen molar-refractivity contribution >= 4 is 16.9 Å². The fraction of sp³-hybridized carbons (Fsp3) is 0.617. The predicted octanol–water partition coefficient (Wildman–Crippen LogP) is 11.6. The fourth-order valence-electron chi connectivity index (χ4n) is 11.2. The number of allylic oxidation sites excluding steroid dienone is 1. The van der Waals surface area contributed by atoms with E-state index in [1.165, 1.54) is 63.4 Å². The molecule has 54 heavy (non-hydrogen) atoms. The van der Waals surface area contributed by atoms with E-state index in [0.29, 0.717) is 39.4 Å². The van der Waals surface area contributed by atoms with Crippen molar-refractivity contribution in [2.45, 2.75) is 125 Å². The molecule has 0 bridgehead atoms. The molecular weight excluding hydrogens is 677 g/mol. The summed E-state index contributed by atoms with van der Waals surface area (Å²) in [6.45, 7) is 13.9. The van der Waals surface area contributed by atoms with Crippen LogP contribution in [0.2, 0.25) is 0 Å². The van der Waals surface area contributed by atoms with Gasteiger partial charge in [0.1, 0.15) is 34.7 Å². The number of carbonyl (C=O) groups is 1. The lowest BCUT2D eigenvalue weighted by atomic mass is 9.44. The maximum absolute atomic E-state index is 13.3. The zero-order chi connectivity index (χ0) is 38.2. The molecule has 4 aliphatic rings. The molecule has 2 aromatic carbocycles. The third kappa shape index (κ3) is 7.84. The van der Waals surface area contributed by atoms with Crippen molar-refractivity contribution in [3.8, 4) is 23.0 Å². The highest BCUT2D eigenvalue weighted by atomic mass is 16.6. The molecule has 0 N–H and O–H groups in total. The minimum Gasteiger partial charge on any atom is -0.497 e. The summed E-state index contributed by atoms with van der Waals surface area (Å²) in [5.41, 5.74) is 2.27. The van der Waals surface area contributed by atoms with Crippen LogP contribution in [0.4, 0.5) is 0 Å². The second-order valence-electron chi connectivity index (χ2n) is 18.2. The van der Waals surface area contributed by atoms with Crippen LogP contribution in [0.5, 0.6) is 23.0 Å². The Bertz CT molecular complexity index is 1910. The van der Waals surface area contributed by atoms with Crippen molar-refractivity contribution in [1.82, 2.24) is 0 Å². The summed E-state index contributed by atoms with van der Waals surface area (Å²) in [5.74, 6) is 6.50. The summed E-state index contributed by atoms with van der Waals surface area (Å²) in [5, 5.41) is 0.360. The number of ether oxygens (including phenoxy) is 4. The molecule has 7 nitrogen and oxygen atoms in total. The molecule has 0 amide bonds. The van der Waals surface area contributed by atoms with Gasteiger partial charge in [0.2, 0.25) is 11.2 Å². The van der Waals surface area contributed by atoms with Crippen molar-refractivity contribution in [3.05, 3.63) is 70.1 Å². The molecule has 1 heterocycles. The lowest BCUT2D eigenvalue weighted by Gasteiger charge is -2.61. The SMILES string of the molecule is COc1cccc(Oc2c(C)oc3cc(OCC(=O)OC4CCC5(C)C(=CCC6C7CCC(C(C)CCCC(C)C)CC7(C)CCC65)C4)ccc3c2=O)c1. The molecule has 8 atom stereocenters. The molecule has 0 spiro atoms. The van der Waals surface area contributed by atoms with Crippen LogP contribution in [0.1, 0.15) is 117 Å². The van der Waals surface area contributed by atoms with Gasteiger partial charge in [-0.1, -0.05) is 71.6 Å². The summed E-state index contributed by atoms with van der Waals surface area (Å²) in [6, 6.07) is 12.0. The molecule has 3 saturated carbocycles. The molecule has 7 heteroatoms. The average molecular weight is 739 g/mol. The number of esters is 1. The van der Waals surface area contributed by atoms with Crippen LogP contribution in [0.3, 0.4) is 0 Å². The van der Waals surface area contributed by atoms with E-state index in [-0.39, 0.29) is 35.3 Å². The zero-order valence-corrected chi connectivity index (χ0v) is 33.7. The number of aryl methyl sites for hydroxylation is 1. The van der Waals surface area contributed by atoms with Crippen LogP contribution in [0.25, 0.3) is 11.0 Å². The quantitative estimate of drug-likeness (QED) is 0.135. The Morgan fingerprint density at radius 1 is 0.944 bits per heavy atom. The topological polar surface area (TPSA) is 84.2 Å². The molecule has 8 unspecified atom stereocenters. The summed E-state index contributed by atoms with van der Waals surface area (Å²) in [6.07, 6.45) is 17.5. The molecule has 292 valence electrons. The van der Waals surface area contributed by atoms with E-state index < -0.39 is 0 Å². The summed E-state index contributed by atoms with van der Waals surface area (Å²) in [7, 11) is 1.58. The second-order valence-corrected chi connectivity index (χ2v) is 18.2. The van der Waals surface area contributed by atoms with Crippen molar-refractivity contribution in [2.24, 2.45) is 46.3 Å². The fourth-order valence-corrected chi connectivity index (χ4v) is 11.2. The van der Waals surface area contributed by atoms with Gasteiger partial charge in [0.05, 0.1) is 12.5 Å². The highest BCUT2D eigenvalue weighted by molar-refractivity contribution is 5.80. The van der Waals surface area contributed by atoms with E-state index in [1.54, 1.807) is 56.5 Å². The van der Waals surface area contributed by atoms with Crippen LogP contribution in [0.15, 0.2) is 63.3 Å². The van der Waals surface area contributed by atoms with Crippen molar-refractivity contribution in [2.75, 3.05) is 13.7 Å². The number of methoxy groups -OCH3 is 1. The molecule has 7 rings (SSSR count). The third-order valence-corrected chi connectivity index (χ3v) is 14.3. The minimum atomic E-state index is -0.374. The molecule has 3 aromatic rings. The van der Waals surface area contributed by atoms with Crippen molar-refractivity contribution < 1.29 is 28.2 Å². The zero-order valence-electron chi connectivity index (χ0n) is 33.7. The molecule has 1 aromatic heterocycles. The lowest BCUT2D eigenvalue weighted by molar-refractivity contribution is -0.154. The lowest BCUT2D eigenvalue weighted by Crippen LogP contribution is -2.52. The van der Waals surface area contributed by atoms with Crippen LogP contribution in [0, 0.1) is 53.3 Å². The number of fused-ring (bicyclic) bond motifs is 6. The average Bonchev–Trinajstić information content (AvgIpc) is 3.15. The van der Waals surface area contributed by atoms with Gasteiger partial charge in [0.15, 0.2) is 6.61 Å². The Balaban J connectivity index is 0.933. The van der Waals surface area contributed by atoms with E-state index in [0.717, 1.165) is 54.8 Å². The number of carbonyl (C=O) groups excluding carboxylic acids is 1. The predicted molar refractivity (Wildman–Crippen MR) is 213 cm³/mol. The molecule has 4 aliphatic carbocycles. The maximum Gasteiger partial charge on any atom is 0.344 e. The van der Waals surface area contributed by atoms with Crippen LogP contribution in [-0.4, -0.2) is 25.8 Å². The Kier molecular flexibility index (Phi) is 11.3. The van der Waals surface area contributed by atoms with Gasteiger partial charge in [-0.3, -0.25) is 4.79 Å². The smallest absolute Gasteiger partial charge is 0.344 e. The number of hydrogen-bond donors (Lipinski definition) is 0. The van der Waals surface area contributed by atoms with E-state index >= 15 is 0 Å². The summed E-state index contributed by atoms with van der Waals surface area (Å²) in [4.78, 5) is 26.4. The minimum absolute atomic E-state index is 0.113. The van der Waals surface area contributed by atoms with Crippen LogP contribution >= 0.6 is 0 Å².